The van der Waals surface area contributed by atoms with E-state index >= 15 is 0 Å². The maximum atomic E-state index is 12.6. The molecule has 10 heteroatoms. The summed E-state index contributed by atoms with van der Waals surface area (Å²) < 4.78 is 3.31. The Morgan fingerprint density at radius 3 is 2.65 bits per heavy atom. The van der Waals surface area contributed by atoms with Crippen LogP contribution in [0.1, 0.15) is 5.56 Å². The minimum Gasteiger partial charge on any atom is -0.309 e. The Hall–Kier alpha value is -3.61. The van der Waals surface area contributed by atoms with Gasteiger partial charge in [0.05, 0.1) is 22.7 Å². The lowest BCUT2D eigenvalue weighted by Gasteiger charge is -2.09. The van der Waals surface area contributed by atoms with Gasteiger partial charge in [-0.1, -0.05) is 53.7 Å². The number of rotatable bonds is 6. The standard InChI is InChI=1S/C21H16ClN7OS/c1-28-20(16-9-5-6-10-17(16)22)26-27-21(28)31-13-18(30)25-19-14(11-23)12-24-29(19)15-7-3-2-4-8-15/h2-10,12H,13H2,1H3,(H,25,30). The maximum Gasteiger partial charge on any atom is 0.236 e. The molecule has 0 bridgehead atoms. The first kappa shape index (κ1) is 20.7. The number of halogens is 1. The third kappa shape index (κ3) is 4.30. The molecule has 8 nitrogen and oxygen atoms in total. The van der Waals surface area contributed by atoms with Crippen molar-refractivity contribution in [3.05, 3.63) is 71.4 Å². The van der Waals surface area contributed by atoms with Crippen molar-refractivity contribution < 1.29 is 4.79 Å². The van der Waals surface area contributed by atoms with Gasteiger partial charge in [-0.05, 0) is 24.3 Å². The van der Waals surface area contributed by atoms with Crippen molar-refractivity contribution in [1.29, 1.82) is 5.26 Å². The van der Waals surface area contributed by atoms with Crippen LogP contribution in [0.5, 0.6) is 0 Å². The second-order valence-corrected chi connectivity index (χ2v) is 7.80. The monoisotopic (exact) mass is 449 g/mol. The molecule has 0 spiro atoms. The number of carbonyl (C=O) groups excluding carboxylic acids is 1. The van der Waals surface area contributed by atoms with Gasteiger partial charge in [0.15, 0.2) is 16.8 Å². The van der Waals surface area contributed by atoms with E-state index < -0.39 is 0 Å². The quantitative estimate of drug-likeness (QED) is 0.447. The van der Waals surface area contributed by atoms with E-state index in [0.29, 0.717) is 21.8 Å². The normalized spacial score (nSPS) is 10.6. The molecule has 2 aromatic heterocycles. The highest BCUT2D eigenvalue weighted by atomic mass is 35.5. The second-order valence-electron chi connectivity index (χ2n) is 6.45. The third-order valence-electron chi connectivity index (χ3n) is 4.43. The summed E-state index contributed by atoms with van der Waals surface area (Å²) in [4.78, 5) is 12.6. The van der Waals surface area contributed by atoms with Gasteiger partial charge in [-0.25, -0.2) is 4.68 Å². The van der Waals surface area contributed by atoms with Crippen molar-refractivity contribution in [1.82, 2.24) is 24.5 Å². The number of thioether (sulfide) groups is 1. The zero-order valence-electron chi connectivity index (χ0n) is 16.4. The Morgan fingerprint density at radius 2 is 1.90 bits per heavy atom. The van der Waals surface area contributed by atoms with Crippen LogP contribution in [0.4, 0.5) is 5.82 Å². The van der Waals surface area contributed by atoms with E-state index in [1.165, 1.54) is 22.6 Å². The molecule has 0 atom stereocenters. The lowest BCUT2D eigenvalue weighted by Crippen LogP contribution is -2.18. The number of nitrogens with zero attached hydrogens (tertiary/aromatic N) is 6. The van der Waals surface area contributed by atoms with E-state index in [-0.39, 0.29) is 17.2 Å². The molecule has 0 radical (unpaired) electrons. The number of aromatic nitrogens is 5. The summed E-state index contributed by atoms with van der Waals surface area (Å²) in [5.41, 5.74) is 1.78. The summed E-state index contributed by atoms with van der Waals surface area (Å²) in [6.45, 7) is 0. The van der Waals surface area contributed by atoms with Crippen molar-refractivity contribution >= 4 is 35.1 Å². The molecule has 0 unspecified atom stereocenters. The average molecular weight is 450 g/mol. The molecule has 2 heterocycles. The summed E-state index contributed by atoms with van der Waals surface area (Å²) in [6, 6.07) is 18.7. The van der Waals surface area contributed by atoms with Crippen LogP contribution in [-0.4, -0.2) is 36.2 Å². The summed E-state index contributed by atoms with van der Waals surface area (Å²) in [7, 11) is 1.82. The predicted molar refractivity (Wildman–Crippen MR) is 119 cm³/mol. The van der Waals surface area contributed by atoms with Gasteiger partial charge in [0.25, 0.3) is 0 Å². The number of carbonyl (C=O) groups is 1. The molecule has 154 valence electrons. The summed E-state index contributed by atoms with van der Waals surface area (Å²) in [5, 5.41) is 25.9. The number of para-hydroxylation sites is 1. The Kier molecular flexibility index (Phi) is 6.02. The van der Waals surface area contributed by atoms with E-state index in [1.54, 1.807) is 10.6 Å². The minimum absolute atomic E-state index is 0.0827. The van der Waals surface area contributed by atoms with Gasteiger partial charge in [-0.2, -0.15) is 10.4 Å². The van der Waals surface area contributed by atoms with Gasteiger partial charge >= 0.3 is 0 Å². The minimum atomic E-state index is -0.290. The second kappa shape index (κ2) is 9.04. The van der Waals surface area contributed by atoms with Crippen molar-refractivity contribution in [3.8, 4) is 23.1 Å². The number of nitrogens with one attached hydrogen (secondary N) is 1. The highest BCUT2D eigenvalue weighted by Crippen LogP contribution is 2.28. The molecule has 1 amide bonds. The highest BCUT2D eigenvalue weighted by molar-refractivity contribution is 7.99. The van der Waals surface area contributed by atoms with E-state index in [0.717, 1.165) is 11.3 Å². The van der Waals surface area contributed by atoms with Crippen LogP contribution in [-0.2, 0) is 11.8 Å². The first-order valence-corrected chi connectivity index (χ1v) is 10.6. The van der Waals surface area contributed by atoms with Crippen molar-refractivity contribution in [3.63, 3.8) is 0 Å². The molecule has 2 aromatic carbocycles. The molecular weight excluding hydrogens is 434 g/mol. The summed E-state index contributed by atoms with van der Waals surface area (Å²) in [5.74, 6) is 0.734. The zero-order valence-corrected chi connectivity index (χ0v) is 17.9. The average Bonchev–Trinajstić information content (AvgIpc) is 3.36. The lowest BCUT2D eigenvalue weighted by molar-refractivity contribution is -0.113. The topological polar surface area (TPSA) is 101 Å². The molecule has 0 aliphatic carbocycles. The number of hydrogen-bond donors (Lipinski definition) is 1. The maximum absolute atomic E-state index is 12.6. The van der Waals surface area contributed by atoms with E-state index in [1.807, 2.05) is 55.6 Å². The smallest absolute Gasteiger partial charge is 0.236 e. The van der Waals surface area contributed by atoms with Gasteiger partial charge in [0, 0.05) is 12.6 Å². The van der Waals surface area contributed by atoms with Crippen LogP contribution < -0.4 is 5.32 Å². The van der Waals surface area contributed by atoms with Crippen molar-refractivity contribution in [2.24, 2.45) is 7.05 Å². The third-order valence-corrected chi connectivity index (χ3v) is 5.78. The molecule has 0 saturated carbocycles. The van der Waals surface area contributed by atoms with Gasteiger partial charge in [0.2, 0.25) is 5.91 Å². The molecule has 0 fully saturated rings. The van der Waals surface area contributed by atoms with Crippen molar-refractivity contribution in [2.45, 2.75) is 5.16 Å². The Balaban J connectivity index is 1.49. The molecule has 4 rings (SSSR count). The molecule has 0 aliphatic rings. The van der Waals surface area contributed by atoms with Gasteiger partial charge in [0.1, 0.15) is 11.6 Å². The molecule has 4 aromatic rings. The zero-order chi connectivity index (χ0) is 21.8. The number of amides is 1. The fourth-order valence-electron chi connectivity index (χ4n) is 2.93. The van der Waals surface area contributed by atoms with Crippen LogP contribution in [0, 0.1) is 11.3 Å². The van der Waals surface area contributed by atoms with E-state index in [9.17, 15) is 10.1 Å². The number of benzene rings is 2. The van der Waals surface area contributed by atoms with Gasteiger partial charge in [-0.3, -0.25) is 4.79 Å². The predicted octanol–water partition coefficient (Wildman–Crippen LogP) is 3.92. The molecule has 0 saturated heterocycles. The van der Waals surface area contributed by atoms with Crippen LogP contribution >= 0.6 is 23.4 Å². The number of hydrogen-bond acceptors (Lipinski definition) is 6. The van der Waals surface area contributed by atoms with Crippen LogP contribution in [0.3, 0.4) is 0 Å². The fourth-order valence-corrected chi connectivity index (χ4v) is 3.86. The molecule has 0 aliphatic heterocycles. The summed E-state index contributed by atoms with van der Waals surface area (Å²) >= 11 is 7.49. The number of nitriles is 1. The summed E-state index contributed by atoms with van der Waals surface area (Å²) in [6.07, 6.45) is 1.42. The largest absolute Gasteiger partial charge is 0.309 e. The van der Waals surface area contributed by atoms with E-state index in [4.69, 9.17) is 11.6 Å². The first-order valence-electron chi connectivity index (χ1n) is 9.19. The van der Waals surface area contributed by atoms with Crippen LogP contribution in [0.15, 0.2) is 66.0 Å². The SMILES string of the molecule is Cn1c(SCC(=O)Nc2c(C#N)cnn2-c2ccccc2)nnc1-c1ccccc1Cl. The molecular formula is C21H16ClN7OS. The van der Waals surface area contributed by atoms with Gasteiger partial charge < -0.3 is 9.88 Å². The highest BCUT2D eigenvalue weighted by Gasteiger charge is 2.18. The Labute approximate surface area is 187 Å². The molecule has 1 N–H and O–H groups in total. The molecule has 31 heavy (non-hydrogen) atoms. The van der Waals surface area contributed by atoms with Gasteiger partial charge in [-0.15, -0.1) is 10.2 Å². The van der Waals surface area contributed by atoms with Crippen LogP contribution in [0.2, 0.25) is 5.02 Å². The lowest BCUT2D eigenvalue weighted by atomic mass is 10.2. The van der Waals surface area contributed by atoms with Crippen molar-refractivity contribution in [2.75, 3.05) is 11.1 Å². The number of anilines is 1. The fraction of sp³-hybridized carbons (Fsp3) is 0.0952. The van der Waals surface area contributed by atoms with Crippen LogP contribution in [0.25, 0.3) is 17.1 Å². The van der Waals surface area contributed by atoms with E-state index in [2.05, 4.69) is 26.7 Å². The Morgan fingerprint density at radius 1 is 1.16 bits per heavy atom. The first-order chi connectivity index (χ1) is 15.1. The Bertz CT molecular complexity index is 1280.